The Bertz CT molecular complexity index is 636. The predicted molar refractivity (Wildman–Crippen MR) is 80.8 cm³/mol. The second-order valence-corrected chi connectivity index (χ2v) is 5.28. The average molecular weight is 285 g/mol. The topological polar surface area (TPSA) is 71.5 Å². The SMILES string of the molecule is NNC(=O)c1coc(CN2CCCCc3ccccc32)c1. The Morgan fingerprint density at radius 1 is 1.33 bits per heavy atom. The minimum Gasteiger partial charge on any atom is -0.467 e. The highest BCUT2D eigenvalue weighted by Gasteiger charge is 2.17. The van der Waals surface area contributed by atoms with Crippen LogP contribution in [0.2, 0.25) is 0 Å². The van der Waals surface area contributed by atoms with Crippen LogP contribution in [0.25, 0.3) is 0 Å². The van der Waals surface area contributed by atoms with Crippen molar-refractivity contribution in [3.63, 3.8) is 0 Å². The van der Waals surface area contributed by atoms with E-state index in [1.807, 2.05) is 0 Å². The van der Waals surface area contributed by atoms with E-state index in [2.05, 4.69) is 34.6 Å². The fourth-order valence-electron chi connectivity index (χ4n) is 2.79. The second-order valence-electron chi connectivity index (χ2n) is 5.28. The Morgan fingerprint density at radius 3 is 3.05 bits per heavy atom. The van der Waals surface area contributed by atoms with E-state index in [0.717, 1.165) is 25.1 Å². The van der Waals surface area contributed by atoms with Crippen LogP contribution in [0, 0.1) is 0 Å². The summed E-state index contributed by atoms with van der Waals surface area (Å²) in [6, 6.07) is 10.2. The molecule has 0 aliphatic carbocycles. The molecular weight excluding hydrogens is 266 g/mol. The van der Waals surface area contributed by atoms with E-state index in [1.54, 1.807) is 6.07 Å². The number of carbonyl (C=O) groups excluding carboxylic acids is 1. The Balaban J connectivity index is 1.81. The number of anilines is 1. The van der Waals surface area contributed by atoms with Gasteiger partial charge in [-0.3, -0.25) is 10.2 Å². The van der Waals surface area contributed by atoms with Crippen LogP contribution in [-0.4, -0.2) is 12.5 Å². The first-order valence-corrected chi connectivity index (χ1v) is 7.19. The van der Waals surface area contributed by atoms with Crippen LogP contribution >= 0.6 is 0 Å². The highest BCUT2D eigenvalue weighted by molar-refractivity contribution is 5.93. The average Bonchev–Trinajstić information content (AvgIpc) is 2.89. The van der Waals surface area contributed by atoms with Crippen molar-refractivity contribution < 1.29 is 9.21 Å². The van der Waals surface area contributed by atoms with Crippen LogP contribution in [0.1, 0.15) is 34.5 Å². The number of carbonyl (C=O) groups is 1. The van der Waals surface area contributed by atoms with Crippen LogP contribution in [0.5, 0.6) is 0 Å². The summed E-state index contributed by atoms with van der Waals surface area (Å²) in [5.41, 5.74) is 5.20. The van der Waals surface area contributed by atoms with Gasteiger partial charge in [0.15, 0.2) is 0 Å². The largest absolute Gasteiger partial charge is 0.467 e. The molecule has 2 aromatic rings. The van der Waals surface area contributed by atoms with E-state index in [1.165, 1.54) is 23.9 Å². The molecule has 1 aromatic heterocycles. The number of para-hydroxylation sites is 1. The number of furan rings is 1. The molecule has 1 aromatic carbocycles. The zero-order valence-electron chi connectivity index (χ0n) is 11.8. The van der Waals surface area contributed by atoms with Gasteiger partial charge in [0, 0.05) is 12.2 Å². The van der Waals surface area contributed by atoms with Crippen LogP contribution in [-0.2, 0) is 13.0 Å². The smallest absolute Gasteiger partial charge is 0.268 e. The molecule has 0 radical (unpaired) electrons. The first-order valence-electron chi connectivity index (χ1n) is 7.19. The lowest BCUT2D eigenvalue weighted by Gasteiger charge is -2.23. The zero-order valence-corrected chi connectivity index (χ0v) is 11.8. The number of nitrogens with one attached hydrogen (secondary N) is 1. The molecule has 3 N–H and O–H groups in total. The summed E-state index contributed by atoms with van der Waals surface area (Å²) in [6.07, 6.45) is 4.92. The molecule has 0 saturated heterocycles. The van der Waals surface area contributed by atoms with Gasteiger partial charge in [0.25, 0.3) is 5.91 Å². The first kappa shape index (κ1) is 13.7. The van der Waals surface area contributed by atoms with E-state index < -0.39 is 0 Å². The number of nitrogen functional groups attached to an aromatic ring is 1. The summed E-state index contributed by atoms with van der Waals surface area (Å²) in [5, 5.41) is 0. The van der Waals surface area contributed by atoms with Crippen LogP contribution < -0.4 is 16.2 Å². The molecule has 1 aliphatic heterocycles. The maximum absolute atomic E-state index is 11.5. The van der Waals surface area contributed by atoms with E-state index in [4.69, 9.17) is 10.3 Å². The molecule has 0 spiro atoms. The maximum atomic E-state index is 11.5. The number of amides is 1. The van der Waals surface area contributed by atoms with Crippen molar-refractivity contribution >= 4 is 11.6 Å². The van der Waals surface area contributed by atoms with Gasteiger partial charge >= 0.3 is 0 Å². The summed E-state index contributed by atoms with van der Waals surface area (Å²) in [5.74, 6) is 5.57. The van der Waals surface area contributed by atoms with Crippen molar-refractivity contribution in [3.05, 3.63) is 53.5 Å². The van der Waals surface area contributed by atoms with Crippen molar-refractivity contribution in [2.45, 2.75) is 25.8 Å². The van der Waals surface area contributed by atoms with Crippen molar-refractivity contribution in [2.75, 3.05) is 11.4 Å². The number of hydrogen-bond donors (Lipinski definition) is 2. The van der Waals surface area contributed by atoms with Crippen molar-refractivity contribution in [3.8, 4) is 0 Å². The molecule has 2 heterocycles. The quantitative estimate of drug-likeness (QED) is 0.515. The van der Waals surface area contributed by atoms with Gasteiger partial charge in [-0.1, -0.05) is 18.2 Å². The molecular formula is C16H19N3O2. The summed E-state index contributed by atoms with van der Waals surface area (Å²) in [4.78, 5) is 13.8. The van der Waals surface area contributed by atoms with Crippen molar-refractivity contribution in [1.82, 2.24) is 5.43 Å². The van der Waals surface area contributed by atoms with Crippen molar-refractivity contribution in [1.29, 1.82) is 0 Å². The van der Waals surface area contributed by atoms with Crippen LogP contribution in [0.15, 0.2) is 41.0 Å². The molecule has 1 amide bonds. The molecule has 0 fully saturated rings. The summed E-state index contributed by atoms with van der Waals surface area (Å²) >= 11 is 0. The molecule has 5 heteroatoms. The monoisotopic (exact) mass is 285 g/mol. The number of hydrogen-bond acceptors (Lipinski definition) is 4. The minimum absolute atomic E-state index is 0.332. The lowest BCUT2D eigenvalue weighted by molar-refractivity contribution is 0.0953. The van der Waals surface area contributed by atoms with Gasteiger partial charge < -0.3 is 9.32 Å². The Hall–Kier alpha value is -2.27. The fourth-order valence-corrected chi connectivity index (χ4v) is 2.79. The van der Waals surface area contributed by atoms with Gasteiger partial charge in [0.2, 0.25) is 0 Å². The molecule has 0 unspecified atom stereocenters. The van der Waals surface area contributed by atoms with Crippen LogP contribution in [0.3, 0.4) is 0 Å². The molecule has 0 bridgehead atoms. The maximum Gasteiger partial charge on any atom is 0.268 e. The number of hydrazine groups is 1. The number of fused-ring (bicyclic) bond motifs is 1. The molecule has 1 aliphatic rings. The second kappa shape index (κ2) is 6.01. The van der Waals surface area contributed by atoms with Gasteiger partial charge in [-0.2, -0.15) is 0 Å². The third-order valence-corrected chi connectivity index (χ3v) is 3.85. The van der Waals surface area contributed by atoms with Crippen molar-refractivity contribution in [2.24, 2.45) is 5.84 Å². The minimum atomic E-state index is -0.332. The summed E-state index contributed by atoms with van der Waals surface area (Å²) in [6.45, 7) is 1.66. The van der Waals surface area contributed by atoms with E-state index in [9.17, 15) is 4.79 Å². The number of nitrogens with two attached hydrogens (primary N) is 1. The summed E-state index contributed by atoms with van der Waals surface area (Å²) < 4.78 is 5.49. The summed E-state index contributed by atoms with van der Waals surface area (Å²) in [7, 11) is 0. The molecule has 110 valence electrons. The standard InChI is InChI=1S/C16H19N3O2/c17-18-16(20)13-9-14(21-11-13)10-19-8-4-3-6-12-5-1-2-7-15(12)19/h1-2,5,7,9,11H,3-4,6,8,10,17H2,(H,18,20). The Morgan fingerprint density at radius 2 is 2.19 bits per heavy atom. The Labute approximate surface area is 123 Å². The number of benzene rings is 1. The lowest BCUT2D eigenvalue weighted by atomic mass is 10.1. The van der Waals surface area contributed by atoms with Gasteiger partial charge in [-0.05, 0) is 37.0 Å². The van der Waals surface area contributed by atoms with E-state index in [-0.39, 0.29) is 5.91 Å². The van der Waals surface area contributed by atoms with Crippen LogP contribution in [0.4, 0.5) is 5.69 Å². The van der Waals surface area contributed by atoms with E-state index >= 15 is 0 Å². The number of nitrogens with zero attached hydrogens (tertiary/aromatic N) is 1. The molecule has 21 heavy (non-hydrogen) atoms. The van der Waals surface area contributed by atoms with Gasteiger partial charge in [-0.25, -0.2) is 5.84 Å². The van der Waals surface area contributed by atoms with Gasteiger partial charge in [0.1, 0.15) is 12.0 Å². The highest BCUT2D eigenvalue weighted by Crippen LogP contribution is 2.27. The molecule has 5 nitrogen and oxygen atoms in total. The molecule has 3 rings (SSSR count). The highest BCUT2D eigenvalue weighted by atomic mass is 16.3. The number of aryl methyl sites for hydroxylation is 1. The Kier molecular flexibility index (Phi) is 3.92. The van der Waals surface area contributed by atoms with E-state index in [0.29, 0.717) is 12.1 Å². The first-order chi connectivity index (χ1) is 10.3. The predicted octanol–water partition coefficient (Wildman–Crippen LogP) is 2.23. The zero-order chi connectivity index (χ0) is 14.7. The number of rotatable bonds is 3. The normalized spacial score (nSPS) is 14.4. The molecule has 0 saturated carbocycles. The molecule has 0 atom stereocenters. The third-order valence-electron chi connectivity index (χ3n) is 3.85. The fraction of sp³-hybridized carbons (Fsp3) is 0.312. The lowest BCUT2D eigenvalue weighted by Crippen LogP contribution is -2.29. The van der Waals surface area contributed by atoms with Gasteiger partial charge in [-0.15, -0.1) is 0 Å². The third kappa shape index (κ3) is 2.92. The van der Waals surface area contributed by atoms with Gasteiger partial charge in [0.05, 0.1) is 12.1 Å².